The van der Waals surface area contributed by atoms with Gasteiger partial charge in [0.25, 0.3) is 0 Å². The number of esters is 4. The van der Waals surface area contributed by atoms with Crippen LogP contribution in [0, 0.1) is 0 Å². The number of benzene rings is 2. The first-order valence-corrected chi connectivity index (χ1v) is 15.1. The molecule has 48 heavy (non-hydrogen) atoms. The van der Waals surface area contributed by atoms with E-state index >= 15 is 0 Å². The minimum atomic E-state index is -1.46. The molecule has 15 nitrogen and oxygen atoms in total. The molecular weight excluding hydrogens is 630 g/mol. The normalized spacial score (nSPS) is 20.6. The number of carbonyl (C=O) groups excluding carboxylic acids is 7. The van der Waals surface area contributed by atoms with Crippen molar-refractivity contribution < 1.29 is 57.2 Å². The van der Waals surface area contributed by atoms with Crippen LogP contribution in [-0.4, -0.2) is 84.8 Å². The van der Waals surface area contributed by atoms with E-state index in [1.54, 1.807) is 60.7 Å². The van der Waals surface area contributed by atoms with E-state index in [0.29, 0.717) is 11.1 Å². The summed E-state index contributed by atoms with van der Waals surface area (Å²) in [6.45, 7) is 3.88. The molecule has 1 unspecified atom stereocenters. The molecule has 3 rings (SSSR count). The fraction of sp³-hybridized carbons (Fsp3) is 0.424. The molecule has 0 aromatic heterocycles. The monoisotopic (exact) mass is 669 g/mol. The van der Waals surface area contributed by atoms with Crippen LogP contribution >= 0.6 is 0 Å². The Kier molecular flexibility index (Phi) is 14.0. The minimum absolute atomic E-state index is 0.0826. The van der Waals surface area contributed by atoms with Crippen molar-refractivity contribution in [2.45, 2.75) is 83.8 Å². The highest BCUT2D eigenvalue weighted by Gasteiger charge is 2.51. The lowest BCUT2D eigenvalue weighted by Crippen LogP contribution is -2.69. The van der Waals surface area contributed by atoms with Crippen molar-refractivity contribution in [1.82, 2.24) is 16.0 Å². The Hall–Kier alpha value is -5.31. The van der Waals surface area contributed by atoms with Crippen LogP contribution in [0.1, 0.15) is 45.2 Å². The Morgan fingerprint density at radius 2 is 1.29 bits per heavy atom. The first kappa shape index (κ1) is 37.2. The van der Waals surface area contributed by atoms with Gasteiger partial charge in [-0.05, 0) is 11.1 Å². The molecule has 15 heteroatoms. The molecular formula is C33H39N3O12. The average Bonchev–Trinajstić information content (AvgIpc) is 3.01. The van der Waals surface area contributed by atoms with Crippen LogP contribution in [-0.2, 0) is 70.3 Å². The summed E-state index contributed by atoms with van der Waals surface area (Å²) < 4.78 is 27.2. The minimum Gasteiger partial charge on any atom is -0.463 e. The van der Waals surface area contributed by atoms with E-state index in [0.717, 1.165) is 27.7 Å². The zero-order chi connectivity index (χ0) is 35.2. The van der Waals surface area contributed by atoms with E-state index < -0.39 is 91.2 Å². The number of nitrogens with one attached hydrogen (secondary N) is 3. The predicted octanol–water partition coefficient (Wildman–Crippen LogP) is 0.620. The van der Waals surface area contributed by atoms with Crippen LogP contribution in [0.25, 0.3) is 0 Å². The number of hydrogen-bond donors (Lipinski definition) is 3. The zero-order valence-corrected chi connectivity index (χ0v) is 27.0. The van der Waals surface area contributed by atoms with Crippen molar-refractivity contribution in [2.75, 3.05) is 6.61 Å². The van der Waals surface area contributed by atoms with Crippen LogP contribution in [0.2, 0.25) is 0 Å². The lowest BCUT2D eigenvalue weighted by atomic mass is 9.94. The van der Waals surface area contributed by atoms with Crippen LogP contribution < -0.4 is 16.0 Å². The number of ether oxygens (including phenoxy) is 5. The molecule has 3 amide bonds. The summed E-state index contributed by atoms with van der Waals surface area (Å²) in [6, 6.07) is 14.8. The third kappa shape index (κ3) is 12.1. The number of carbonyl (C=O) groups is 7. The Bertz CT molecular complexity index is 1450. The van der Waals surface area contributed by atoms with Gasteiger partial charge >= 0.3 is 23.9 Å². The molecule has 0 radical (unpaired) electrons. The summed E-state index contributed by atoms with van der Waals surface area (Å²) in [5, 5.41) is 7.63. The molecule has 258 valence electrons. The summed E-state index contributed by atoms with van der Waals surface area (Å²) in [7, 11) is 0. The largest absolute Gasteiger partial charge is 0.463 e. The smallest absolute Gasteiger partial charge is 0.329 e. The Labute approximate surface area is 276 Å². The Morgan fingerprint density at radius 3 is 1.85 bits per heavy atom. The maximum atomic E-state index is 13.5. The van der Waals surface area contributed by atoms with E-state index in [1.807, 2.05) is 0 Å². The summed E-state index contributed by atoms with van der Waals surface area (Å²) in [5.41, 5.74) is 1.35. The molecule has 6 atom stereocenters. The van der Waals surface area contributed by atoms with E-state index in [9.17, 15) is 33.6 Å². The maximum Gasteiger partial charge on any atom is 0.329 e. The van der Waals surface area contributed by atoms with Gasteiger partial charge in [0, 0.05) is 27.7 Å². The lowest BCUT2D eigenvalue weighted by Gasteiger charge is -2.45. The van der Waals surface area contributed by atoms with Crippen molar-refractivity contribution in [1.29, 1.82) is 0 Å². The van der Waals surface area contributed by atoms with Gasteiger partial charge in [-0.25, -0.2) is 4.79 Å². The van der Waals surface area contributed by atoms with Crippen LogP contribution in [0.15, 0.2) is 60.7 Å². The number of amides is 3. The molecule has 3 N–H and O–H groups in total. The van der Waals surface area contributed by atoms with E-state index in [1.165, 1.54) is 0 Å². The van der Waals surface area contributed by atoms with Crippen LogP contribution in [0.3, 0.4) is 0 Å². The number of hydrogen-bond acceptors (Lipinski definition) is 12. The molecule has 2 aromatic rings. The van der Waals surface area contributed by atoms with Crippen molar-refractivity contribution in [3.8, 4) is 0 Å². The molecule has 2 aromatic carbocycles. The van der Waals surface area contributed by atoms with Gasteiger partial charge in [0.05, 0.1) is 12.8 Å². The van der Waals surface area contributed by atoms with Gasteiger partial charge in [-0.2, -0.15) is 0 Å². The summed E-state index contributed by atoms with van der Waals surface area (Å²) >= 11 is 0. The van der Waals surface area contributed by atoms with Crippen molar-refractivity contribution >= 4 is 41.6 Å². The van der Waals surface area contributed by atoms with Crippen LogP contribution in [0.4, 0.5) is 0 Å². The van der Waals surface area contributed by atoms with Gasteiger partial charge in [-0.1, -0.05) is 60.7 Å². The molecule has 0 aliphatic carbocycles. The van der Waals surface area contributed by atoms with Crippen molar-refractivity contribution in [2.24, 2.45) is 0 Å². The van der Waals surface area contributed by atoms with Crippen molar-refractivity contribution in [3.05, 3.63) is 71.8 Å². The summed E-state index contributed by atoms with van der Waals surface area (Å²) in [5.74, 6) is -5.20. The van der Waals surface area contributed by atoms with Crippen LogP contribution in [0.5, 0.6) is 0 Å². The molecule has 1 fully saturated rings. The highest BCUT2D eigenvalue weighted by Crippen LogP contribution is 2.26. The first-order valence-electron chi connectivity index (χ1n) is 15.1. The highest BCUT2D eigenvalue weighted by atomic mass is 16.6. The Balaban J connectivity index is 1.86. The van der Waals surface area contributed by atoms with Gasteiger partial charge in [0.2, 0.25) is 17.7 Å². The third-order valence-corrected chi connectivity index (χ3v) is 6.86. The SMILES string of the molecule is CC(=O)N[C@@H]1[C@@H](OC(C)=O)[C@H](OC(C)=O)[C@@H](COC(C)=O)O[C@H]1NC(=O)CC(NC(=O)Cc1ccccc1)C(=O)OCc1ccccc1. The molecule has 1 aliphatic rings. The van der Waals surface area contributed by atoms with Gasteiger partial charge in [0.15, 0.2) is 18.4 Å². The van der Waals surface area contributed by atoms with Gasteiger partial charge in [-0.3, -0.25) is 28.8 Å². The van der Waals surface area contributed by atoms with E-state index in [2.05, 4.69) is 16.0 Å². The molecule has 0 spiro atoms. The van der Waals surface area contributed by atoms with E-state index in [4.69, 9.17) is 23.7 Å². The fourth-order valence-electron chi connectivity index (χ4n) is 4.91. The molecule has 0 bridgehead atoms. The standard InChI is InChI=1S/C33H39N3O12/c1-19(37)34-29-31(47-22(4)40)30(46-21(3)39)26(18-44-20(2)38)48-32(29)36-28(42)16-25(33(43)45-17-24-13-9-6-10-14-24)35-27(41)15-23-11-7-5-8-12-23/h5-14,25-26,29-32H,15-18H2,1-4H3,(H,34,37)(H,35,41)(H,36,42)/t25?,26-,29-,30-,31-,32-/m1/s1. The second-order valence-electron chi connectivity index (χ2n) is 10.9. The Morgan fingerprint density at radius 1 is 0.708 bits per heavy atom. The lowest BCUT2D eigenvalue weighted by molar-refractivity contribution is -0.228. The van der Waals surface area contributed by atoms with Crippen molar-refractivity contribution in [3.63, 3.8) is 0 Å². The van der Waals surface area contributed by atoms with Gasteiger partial charge in [-0.15, -0.1) is 0 Å². The maximum absolute atomic E-state index is 13.5. The number of rotatable bonds is 14. The molecule has 1 saturated heterocycles. The van der Waals surface area contributed by atoms with E-state index in [-0.39, 0.29) is 13.0 Å². The second-order valence-corrected chi connectivity index (χ2v) is 10.9. The summed E-state index contributed by atoms with van der Waals surface area (Å²) in [4.78, 5) is 87.5. The summed E-state index contributed by atoms with van der Waals surface area (Å²) in [6.07, 6.45) is -6.21. The fourth-order valence-corrected chi connectivity index (χ4v) is 4.91. The molecule has 1 heterocycles. The predicted molar refractivity (Wildman–Crippen MR) is 165 cm³/mol. The van der Waals surface area contributed by atoms with Gasteiger partial charge in [0.1, 0.15) is 31.4 Å². The third-order valence-electron chi connectivity index (χ3n) is 6.86. The molecule has 1 aliphatic heterocycles. The highest BCUT2D eigenvalue weighted by molar-refractivity contribution is 5.90. The average molecular weight is 670 g/mol. The first-order chi connectivity index (χ1) is 22.8. The zero-order valence-electron chi connectivity index (χ0n) is 27.0. The van der Waals surface area contributed by atoms with Gasteiger partial charge < -0.3 is 39.6 Å². The topological polar surface area (TPSA) is 202 Å². The second kappa shape index (κ2) is 18.1. The quantitative estimate of drug-likeness (QED) is 0.187. The molecule has 0 saturated carbocycles.